The van der Waals surface area contributed by atoms with Crippen LogP contribution in [0.3, 0.4) is 0 Å². The second-order valence-corrected chi connectivity index (χ2v) is 3.44. The average molecular weight is 217 g/mol. The van der Waals surface area contributed by atoms with E-state index in [1.807, 2.05) is 20.8 Å². The van der Waals surface area contributed by atoms with Crippen molar-refractivity contribution in [1.29, 1.82) is 0 Å². The van der Waals surface area contributed by atoms with Gasteiger partial charge in [-0.2, -0.15) is 0 Å². The smallest absolute Gasteiger partial charge is 0.333 e. The molecule has 0 aliphatic heterocycles. The van der Waals surface area contributed by atoms with Crippen molar-refractivity contribution in [1.82, 2.24) is 6.15 Å². The van der Waals surface area contributed by atoms with Crippen LogP contribution in [0.5, 0.6) is 0 Å². The molecule has 0 rings (SSSR count). The molecule has 0 aliphatic rings. The molecule has 0 aromatic carbocycles. The topological polar surface area (TPSA) is 81.5 Å². The molecule has 0 heterocycles. The van der Waals surface area contributed by atoms with Gasteiger partial charge in [-0.05, 0) is 20.3 Å². The van der Waals surface area contributed by atoms with Crippen LogP contribution in [0.1, 0.15) is 40.0 Å². The highest BCUT2D eigenvalue weighted by atomic mass is 16.5. The van der Waals surface area contributed by atoms with Crippen LogP contribution in [0.15, 0.2) is 11.1 Å². The number of ether oxygens (including phenoxy) is 1. The summed E-state index contributed by atoms with van der Waals surface area (Å²) in [6, 6.07) is 0. The van der Waals surface area contributed by atoms with Gasteiger partial charge in [-0.25, -0.2) is 4.79 Å². The summed E-state index contributed by atoms with van der Waals surface area (Å²) in [4.78, 5) is 11.5. The van der Waals surface area contributed by atoms with E-state index in [2.05, 4.69) is 0 Å². The maximum atomic E-state index is 11.5. The summed E-state index contributed by atoms with van der Waals surface area (Å²) in [5, 5.41) is 8.53. The van der Waals surface area contributed by atoms with E-state index in [4.69, 9.17) is 9.84 Å². The molecule has 15 heavy (non-hydrogen) atoms. The highest BCUT2D eigenvalue weighted by Gasteiger charge is 2.11. The Bertz CT molecular complexity index is 208. The second kappa shape index (κ2) is 9.68. The Hall–Kier alpha value is -0.870. The van der Waals surface area contributed by atoms with Crippen molar-refractivity contribution in [3.63, 3.8) is 0 Å². The molecule has 4 heteroatoms. The molecule has 0 amide bonds. The minimum atomic E-state index is -0.236. The van der Waals surface area contributed by atoms with E-state index in [-0.39, 0.29) is 18.7 Å². The van der Waals surface area contributed by atoms with Crippen LogP contribution in [-0.4, -0.2) is 24.3 Å². The van der Waals surface area contributed by atoms with Crippen LogP contribution in [-0.2, 0) is 9.53 Å². The number of aliphatic hydroxyl groups excluding tert-OH is 1. The number of carbonyl (C=O) groups excluding carboxylic acids is 1. The molecule has 0 spiro atoms. The van der Waals surface area contributed by atoms with Crippen molar-refractivity contribution in [3.8, 4) is 0 Å². The van der Waals surface area contributed by atoms with Gasteiger partial charge in [-0.15, -0.1) is 0 Å². The first kappa shape index (κ1) is 16.6. The number of aliphatic hydroxyl groups is 1. The fourth-order valence-corrected chi connectivity index (χ4v) is 1.12. The average Bonchev–Trinajstić information content (AvgIpc) is 2.13. The Morgan fingerprint density at radius 1 is 1.33 bits per heavy atom. The van der Waals surface area contributed by atoms with Crippen molar-refractivity contribution < 1.29 is 14.6 Å². The van der Waals surface area contributed by atoms with Crippen molar-refractivity contribution in [2.45, 2.75) is 40.0 Å². The predicted molar refractivity (Wildman–Crippen MR) is 61.0 cm³/mol. The Kier molecular flexibility index (Phi) is 10.7. The predicted octanol–water partition coefficient (Wildman–Crippen LogP) is 2.21. The molecule has 0 aromatic heterocycles. The van der Waals surface area contributed by atoms with E-state index >= 15 is 0 Å². The Balaban J connectivity index is 0. The monoisotopic (exact) mass is 217 g/mol. The fraction of sp³-hybridized carbons (Fsp3) is 0.727. The molecular formula is C11H23NO3. The van der Waals surface area contributed by atoms with Gasteiger partial charge < -0.3 is 16.0 Å². The van der Waals surface area contributed by atoms with Gasteiger partial charge in [0.2, 0.25) is 0 Å². The van der Waals surface area contributed by atoms with Gasteiger partial charge >= 0.3 is 5.97 Å². The SMILES string of the molecule is CCCC(C(=O)OCCCO)=C(C)C.N. The van der Waals surface area contributed by atoms with Gasteiger partial charge in [0.05, 0.1) is 6.61 Å². The summed E-state index contributed by atoms with van der Waals surface area (Å²) >= 11 is 0. The zero-order valence-electron chi connectivity index (χ0n) is 10.0. The fourth-order valence-electron chi connectivity index (χ4n) is 1.12. The van der Waals surface area contributed by atoms with Crippen LogP contribution in [0.25, 0.3) is 0 Å². The first-order valence-electron chi connectivity index (χ1n) is 5.07. The highest BCUT2D eigenvalue weighted by Crippen LogP contribution is 2.12. The number of allylic oxidation sites excluding steroid dienone is 1. The summed E-state index contributed by atoms with van der Waals surface area (Å²) in [6.07, 6.45) is 2.21. The lowest BCUT2D eigenvalue weighted by atomic mass is 10.1. The van der Waals surface area contributed by atoms with Crippen LogP contribution in [0, 0.1) is 0 Å². The molecule has 0 unspecified atom stereocenters. The van der Waals surface area contributed by atoms with E-state index in [9.17, 15) is 4.79 Å². The molecule has 0 saturated carbocycles. The Labute approximate surface area is 91.9 Å². The normalized spacial score (nSPS) is 9.07. The zero-order valence-corrected chi connectivity index (χ0v) is 10.0. The first-order valence-corrected chi connectivity index (χ1v) is 5.07. The van der Waals surface area contributed by atoms with E-state index in [1.165, 1.54) is 0 Å². The summed E-state index contributed by atoms with van der Waals surface area (Å²) in [7, 11) is 0. The molecule has 0 saturated heterocycles. The lowest BCUT2D eigenvalue weighted by Crippen LogP contribution is -2.11. The van der Waals surface area contributed by atoms with Crippen LogP contribution in [0.4, 0.5) is 0 Å². The first-order chi connectivity index (χ1) is 6.63. The standard InChI is InChI=1S/C11H20O3.H3N/c1-4-6-10(9(2)3)11(13)14-8-5-7-12;/h12H,4-8H2,1-3H3;1H3. The third-order valence-electron chi connectivity index (χ3n) is 1.89. The van der Waals surface area contributed by atoms with Crippen molar-refractivity contribution in [2.75, 3.05) is 13.2 Å². The molecule has 0 aromatic rings. The number of rotatable bonds is 6. The van der Waals surface area contributed by atoms with Crippen LogP contribution < -0.4 is 6.15 Å². The van der Waals surface area contributed by atoms with Gasteiger partial charge in [0.1, 0.15) is 0 Å². The lowest BCUT2D eigenvalue weighted by Gasteiger charge is -2.08. The van der Waals surface area contributed by atoms with Gasteiger partial charge in [-0.3, -0.25) is 0 Å². The molecule has 90 valence electrons. The summed E-state index contributed by atoms with van der Waals surface area (Å²) in [5.74, 6) is -0.236. The molecule has 0 aliphatic carbocycles. The maximum absolute atomic E-state index is 11.5. The minimum absolute atomic E-state index is 0. The van der Waals surface area contributed by atoms with E-state index in [0.717, 1.165) is 24.0 Å². The third-order valence-corrected chi connectivity index (χ3v) is 1.89. The molecule has 0 bridgehead atoms. The molecule has 4 nitrogen and oxygen atoms in total. The Morgan fingerprint density at radius 2 is 1.93 bits per heavy atom. The molecule has 0 radical (unpaired) electrons. The zero-order chi connectivity index (χ0) is 11.0. The van der Waals surface area contributed by atoms with Crippen molar-refractivity contribution >= 4 is 5.97 Å². The number of hydrogen-bond donors (Lipinski definition) is 2. The molecule has 4 N–H and O–H groups in total. The lowest BCUT2D eigenvalue weighted by molar-refractivity contribution is -0.139. The van der Waals surface area contributed by atoms with Crippen molar-refractivity contribution in [2.24, 2.45) is 0 Å². The van der Waals surface area contributed by atoms with Gasteiger partial charge in [0.25, 0.3) is 0 Å². The van der Waals surface area contributed by atoms with Crippen LogP contribution in [0.2, 0.25) is 0 Å². The quantitative estimate of drug-likeness (QED) is 0.406. The number of esters is 1. The molecule has 0 atom stereocenters. The van der Waals surface area contributed by atoms with E-state index in [0.29, 0.717) is 13.0 Å². The number of carbonyl (C=O) groups is 1. The summed E-state index contributed by atoms with van der Waals surface area (Å²) < 4.78 is 5.00. The Morgan fingerprint density at radius 3 is 2.33 bits per heavy atom. The van der Waals surface area contributed by atoms with Gasteiger partial charge in [-0.1, -0.05) is 18.9 Å². The van der Waals surface area contributed by atoms with Gasteiger partial charge in [0.15, 0.2) is 0 Å². The maximum Gasteiger partial charge on any atom is 0.333 e. The minimum Gasteiger partial charge on any atom is -0.462 e. The van der Waals surface area contributed by atoms with Crippen molar-refractivity contribution in [3.05, 3.63) is 11.1 Å². The second-order valence-electron chi connectivity index (χ2n) is 3.44. The van der Waals surface area contributed by atoms with Crippen LogP contribution >= 0.6 is 0 Å². The van der Waals surface area contributed by atoms with E-state index in [1.54, 1.807) is 0 Å². The molecular weight excluding hydrogens is 194 g/mol. The highest BCUT2D eigenvalue weighted by molar-refractivity contribution is 5.89. The summed E-state index contributed by atoms with van der Waals surface area (Å²) in [6.45, 7) is 6.22. The van der Waals surface area contributed by atoms with E-state index < -0.39 is 0 Å². The third kappa shape index (κ3) is 7.11. The molecule has 0 fully saturated rings. The largest absolute Gasteiger partial charge is 0.462 e. The number of hydrogen-bond acceptors (Lipinski definition) is 4. The summed E-state index contributed by atoms with van der Waals surface area (Å²) in [5.41, 5.74) is 1.78. The van der Waals surface area contributed by atoms with Gasteiger partial charge in [0, 0.05) is 18.6 Å².